The molecule has 3 heteroatoms. The molecule has 0 bridgehead atoms. The molecule has 0 radical (unpaired) electrons. The summed E-state index contributed by atoms with van der Waals surface area (Å²) in [5, 5.41) is 19.2. The normalized spacial score (nSPS) is 11.8. The first-order valence-corrected chi connectivity index (χ1v) is 7.13. The fourth-order valence-electron chi connectivity index (χ4n) is 2.54. The van der Waals surface area contributed by atoms with Crippen molar-refractivity contribution in [3.63, 3.8) is 0 Å². The molecule has 0 unspecified atom stereocenters. The van der Waals surface area contributed by atoms with E-state index >= 15 is 0 Å². The first-order chi connectivity index (χ1) is 10.1. The Kier molecular flexibility index (Phi) is 4.62. The number of nitriles is 1. The second-order valence-electron chi connectivity index (χ2n) is 5.09. The number of aliphatic hydroxyl groups is 1. The van der Waals surface area contributed by atoms with Gasteiger partial charge in [0.25, 0.3) is 0 Å². The van der Waals surface area contributed by atoms with E-state index in [4.69, 9.17) is 5.26 Å². The molecule has 0 amide bonds. The zero-order valence-corrected chi connectivity index (χ0v) is 12.7. The highest BCUT2D eigenvalue weighted by molar-refractivity contribution is 5.70. The van der Waals surface area contributed by atoms with Crippen LogP contribution in [-0.4, -0.2) is 11.7 Å². The molecule has 21 heavy (non-hydrogen) atoms. The Morgan fingerprint density at radius 3 is 2.48 bits per heavy atom. The lowest BCUT2D eigenvalue weighted by atomic mass is 10.0. The van der Waals surface area contributed by atoms with E-state index in [0.717, 1.165) is 23.5 Å². The van der Waals surface area contributed by atoms with Gasteiger partial charge >= 0.3 is 0 Å². The van der Waals surface area contributed by atoms with Crippen LogP contribution in [0.2, 0.25) is 0 Å². The van der Waals surface area contributed by atoms with Crippen molar-refractivity contribution in [2.45, 2.75) is 26.9 Å². The molecule has 2 aromatic rings. The van der Waals surface area contributed by atoms with Gasteiger partial charge in [-0.05, 0) is 44.5 Å². The highest BCUT2D eigenvalue weighted by atomic mass is 16.3. The summed E-state index contributed by atoms with van der Waals surface area (Å²) >= 11 is 0. The van der Waals surface area contributed by atoms with Gasteiger partial charge in [0.15, 0.2) is 0 Å². The molecule has 2 aromatic carbocycles. The van der Waals surface area contributed by atoms with Crippen LogP contribution in [0.1, 0.15) is 36.6 Å². The number of anilines is 2. The molecule has 0 heterocycles. The first-order valence-electron chi connectivity index (χ1n) is 7.13. The van der Waals surface area contributed by atoms with E-state index in [1.54, 1.807) is 13.0 Å². The van der Waals surface area contributed by atoms with Crippen LogP contribution in [0.25, 0.3) is 0 Å². The number of aryl methyl sites for hydroxylation is 1. The lowest BCUT2D eigenvalue weighted by molar-refractivity contribution is 0.199. The Morgan fingerprint density at radius 2 is 1.90 bits per heavy atom. The second kappa shape index (κ2) is 6.43. The zero-order chi connectivity index (χ0) is 15.4. The van der Waals surface area contributed by atoms with E-state index in [1.807, 2.05) is 24.3 Å². The summed E-state index contributed by atoms with van der Waals surface area (Å²) in [7, 11) is 0. The average molecular weight is 280 g/mol. The molecule has 0 spiro atoms. The van der Waals surface area contributed by atoms with Crippen molar-refractivity contribution in [1.29, 1.82) is 5.26 Å². The van der Waals surface area contributed by atoms with E-state index < -0.39 is 6.10 Å². The molecular weight excluding hydrogens is 260 g/mol. The number of hydrogen-bond donors (Lipinski definition) is 1. The average Bonchev–Trinajstić information content (AvgIpc) is 2.49. The van der Waals surface area contributed by atoms with Crippen LogP contribution in [0.4, 0.5) is 11.4 Å². The second-order valence-corrected chi connectivity index (χ2v) is 5.09. The molecule has 0 aliphatic heterocycles. The van der Waals surface area contributed by atoms with Crippen LogP contribution < -0.4 is 4.90 Å². The predicted octanol–water partition coefficient (Wildman–Crippen LogP) is 4.08. The number of aliphatic hydroxyl groups excluding tert-OH is 1. The van der Waals surface area contributed by atoms with E-state index in [0.29, 0.717) is 5.56 Å². The largest absolute Gasteiger partial charge is 0.389 e. The molecule has 2 rings (SSSR count). The van der Waals surface area contributed by atoms with Gasteiger partial charge < -0.3 is 10.0 Å². The number of para-hydroxylation sites is 1. The van der Waals surface area contributed by atoms with Crippen molar-refractivity contribution in [2.24, 2.45) is 0 Å². The van der Waals surface area contributed by atoms with Crippen molar-refractivity contribution in [1.82, 2.24) is 0 Å². The quantitative estimate of drug-likeness (QED) is 0.918. The van der Waals surface area contributed by atoms with Gasteiger partial charge in [-0.15, -0.1) is 0 Å². The molecule has 0 fully saturated rings. The standard InChI is InChI=1S/C18H20N2O/c1-4-20(17-8-6-5-7-13(17)2)18-11-15(12-19)9-10-16(18)14(3)21/h5-11,14,21H,4H2,1-3H3/t14-/m1/s1. The fraction of sp³-hybridized carbons (Fsp3) is 0.278. The fourth-order valence-corrected chi connectivity index (χ4v) is 2.54. The molecule has 108 valence electrons. The van der Waals surface area contributed by atoms with Crippen LogP contribution in [0.3, 0.4) is 0 Å². The van der Waals surface area contributed by atoms with Crippen LogP contribution in [-0.2, 0) is 0 Å². The summed E-state index contributed by atoms with van der Waals surface area (Å²) in [5.41, 5.74) is 4.58. The summed E-state index contributed by atoms with van der Waals surface area (Å²) in [6.45, 7) is 6.64. The summed E-state index contributed by atoms with van der Waals surface area (Å²) in [6.07, 6.45) is -0.578. The van der Waals surface area contributed by atoms with Crippen LogP contribution >= 0.6 is 0 Å². The third-order valence-corrected chi connectivity index (χ3v) is 3.62. The highest BCUT2D eigenvalue weighted by Crippen LogP contribution is 2.34. The molecule has 1 atom stereocenters. The molecule has 0 saturated heterocycles. The zero-order valence-electron chi connectivity index (χ0n) is 12.7. The Labute approximate surface area is 126 Å². The minimum absolute atomic E-state index is 0.578. The van der Waals surface area contributed by atoms with Gasteiger partial charge in [-0.2, -0.15) is 5.26 Å². The SMILES string of the molecule is CCN(c1ccccc1C)c1cc(C#N)ccc1[C@@H](C)O. The summed E-state index contributed by atoms with van der Waals surface area (Å²) in [6, 6.07) is 15.7. The van der Waals surface area contributed by atoms with Crippen molar-refractivity contribution in [2.75, 3.05) is 11.4 Å². The summed E-state index contributed by atoms with van der Waals surface area (Å²) < 4.78 is 0. The monoisotopic (exact) mass is 280 g/mol. The predicted molar refractivity (Wildman–Crippen MR) is 85.6 cm³/mol. The van der Waals surface area contributed by atoms with Crippen LogP contribution in [0.15, 0.2) is 42.5 Å². The maximum atomic E-state index is 10.0. The van der Waals surface area contributed by atoms with Crippen LogP contribution in [0, 0.1) is 18.3 Å². The number of benzene rings is 2. The maximum absolute atomic E-state index is 10.0. The molecule has 0 aromatic heterocycles. The van der Waals surface area contributed by atoms with Crippen molar-refractivity contribution in [3.05, 3.63) is 59.2 Å². The molecule has 0 aliphatic rings. The molecule has 3 nitrogen and oxygen atoms in total. The molecule has 0 saturated carbocycles. The smallest absolute Gasteiger partial charge is 0.0992 e. The molecule has 1 N–H and O–H groups in total. The Morgan fingerprint density at radius 1 is 1.19 bits per heavy atom. The maximum Gasteiger partial charge on any atom is 0.0992 e. The van der Waals surface area contributed by atoms with Gasteiger partial charge in [0.2, 0.25) is 0 Å². The third-order valence-electron chi connectivity index (χ3n) is 3.62. The van der Waals surface area contributed by atoms with Crippen molar-refractivity contribution < 1.29 is 5.11 Å². The lowest BCUT2D eigenvalue weighted by Gasteiger charge is -2.28. The van der Waals surface area contributed by atoms with E-state index in [1.165, 1.54) is 5.56 Å². The summed E-state index contributed by atoms with van der Waals surface area (Å²) in [5.74, 6) is 0. The Balaban J connectivity index is 2.61. The number of hydrogen-bond acceptors (Lipinski definition) is 3. The highest BCUT2D eigenvalue weighted by Gasteiger charge is 2.16. The first kappa shape index (κ1) is 15.1. The third kappa shape index (κ3) is 3.07. The van der Waals surface area contributed by atoms with Crippen molar-refractivity contribution >= 4 is 11.4 Å². The van der Waals surface area contributed by atoms with E-state index in [2.05, 4.69) is 36.9 Å². The van der Waals surface area contributed by atoms with Gasteiger partial charge in [0, 0.05) is 23.5 Å². The molecule has 0 aliphatic carbocycles. The van der Waals surface area contributed by atoms with Gasteiger partial charge in [0.1, 0.15) is 0 Å². The summed E-state index contributed by atoms with van der Waals surface area (Å²) in [4.78, 5) is 2.14. The Bertz CT molecular complexity index is 671. The topological polar surface area (TPSA) is 47.3 Å². The minimum Gasteiger partial charge on any atom is -0.389 e. The van der Waals surface area contributed by atoms with E-state index in [-0.39, 0.29) is 0 Å². The van der Waals surface area contributed by atoms with Gasteiger partial charge in [-0.3, -0.25) is 0 Å². The van der Waals surface area contributed by atoms with E-state index in [9.17, 15) is 5.11 Å². The van der Waals surface area contributed by atoms with Gasteiger partial charge in [0.05, 0.1) is 17.7 Å². The Hall–Kier alpha value is -2.31. The minimum atomic E-state index is -0.578. The van der Waals surface area contributed by atoms with Gasteiger partial charge in [-0.1, -0.05) is 24.3 Å². The van der Waals surface area contributed by atoms with Crippen molar-refractivity contribution in [3.8, 4) is 6.07 Å². The van der Waals surface area contributed by atoms with Crippen LogP contribution in [0.5, 0.6) is 0 Å². The molecular formula is C18H20N2O. The number of nitrogens with zero attached hydrogens (tertiary/aromatic N) is 2. The van der Waals surface area contributed by atoms with Gasteiger partial charge in [-0.25, -0.2) is 0 Å². The lowest BCUT2D eigenvalue weighted by Crippen LogP contribution is -2.19. The number of rotatable bonds is 4.